The van der Waals surface area contributed by atoms with Gasteiger partial charge in [-0.1, -0.05) is 24.3 Å². The van der Waals surface area contributed by atoms with Gasteiger partial charge in [-0.25, -0.2) is 9.07 Å². The van der Waals surface area contributed by atoms with E-state index in [1.54, 1.807) is 4.68 Å². The molecule has 0 spiro atoms. The Kier molecular flexibility index (Phi) is 8.21. The van der Waals surface area contributed by atoms with Crippen molar-refractivity contribution in [3.63, 3.8) is 0 Å². The molecule has 0 saturated carbocycles. The molecule has 3 rings (SSSR count). The fourth-order valence-corrected chi connectivity index (χ4v) is 2.72. The summed E-state index contributed by atoms with van der Waals surface area (Å²) in [5, 5.41) is 10.2. The lowest BCUT2D eigenvalue weighted by Crippen LogP contribution is -2.36. The van der Waals surface area contributed by atoms with Gasteiger partial charge >= 0.3 is 6.18 Å². The van der Waals surface area contributed by atoms with Crippen molar-refractivity contribution in [3.8, 4) is 5.69 Å². The number of para-hydroxylation sites is 1. The number of benzene rings is 2. The van der Waals surface area contributed by atoms with Crippen LogP contribution in [0.4, 0.5) is 17.6 Å². The molecule has 0 radical (unpaired) electrons. The molecule has 0 aliphatic rings. The van der Waals surface area contributed by atoms with Crippen molar-refractivity contribution in [2.75, 3.05) is 7.05 Å². The molecule has 5 nitrogen and oxygen atoms in total. The van der Waals surface area contributed by atoms with Gasteiger partial charge in [-0.05, 0) is 35.9 Å². The van der Waals surface area contributed by atoms with E-state index in [1.807, 2.05) is 42.6 Å². The maximum atomic E-state index is 13.2. The van der Waals surface area contributed by atoms with Gasteiger partial charge in [-0.3, -0.25) is 4.99 Å². The molecule has 160 valence electrons. The van der Waals surface area contributed by atoms with E-state index < -0.39 is 17.6 Å². The lowest BCUT2D eigenvalue weighted by atomic mass is 10.1. The maximum Gasteiger partial charge on any atom is 0.416 e. The summed E-state index contributed by atoms with van der Waals surface area (Å²) in [5.41, 5.74) is 0.559. The minimum atomic E-state index is -4.64. The predicted octanol–water partition coefficient (Wildman–Crippen LogP) is 4.51. The van der Waals surface area contributed by atoms with E-state index in [0.717, 1.165) is 23.5 Å². The van der Waals surface area contributed by atoms with Gasteiger partial charge in [0.2, 0.25) is 0 Å². The zero-order chi connectivity index (χ0) is 20.9. The Morgan fingerprint density at radius 1 is 1.03 bits per heavy atom. The predicted molar refractivity (Wildman–Crippen MR) is 117 cm³/mol. The van der Waals surface area contributed by atoms with Crippen LogP contribution in [0.1, 0.15) is 16.8 Å². The summed E-state index contributed by atoms with van der Waals surface area (Å²) in [6.07, 6.45) is -2.82. The van der Waals surface area contributed by atoms with Crippen LogP contribution >= 0.6 is 24.0 Å². The number of nitrogens with zero attached hydrogens (tertiary/aromatic N) is 3. The van der Waals surface area contributed by atoms with Gasteiger partial charge in [-0.15, -0.1) is 24.0 Å². The maximum absolute atomic E-state index is 13.2. The Hall–Kier alpha value is -2.63. The second kappa shape index (κ2) is 10.4. The lowest BCUT2D eigenvalue weighted by Gasteiger charge is -2.15. The van der Waals surface area contributed by atoms with Crippen LogP contribution in [0, 0.1) is 5.82 Å². The normalized spacial score (nSPS) is 11.7. The van der Waals surface area contributed by atoms with E-state index in [4.69, 9.17) is 0 Å². The van der Waals surface area contributed by atoms with E-state index in [2.05, 4.69) is 20.7 Å². The summed E-state index contributed by atoms with van der Waals surface area (Å²) in [6.45, 7) is 0.169. The SMILES string of the molecule is CN=C(NCc1ccn(-c2ccccc2)n1)NCc1ccc(F)cc1C(F)(F)F.I. The third-order valence-corrected chi connectivity index (χ3v) is 4.15. The van der Waals surface area contributed by atoms with Gasteiger partial charge in [0, 0.05) is 19.8 Å². The van der Waals surface area contributed by atoms with Crippen molar-refractivity contribution in [1.82, 2.24) is 20.4 Å². The van der Waals surface area contributed by atoms with Crippen molar-refractivity contribution in [3.05, 3.63) is 83.4 Å². The minimum absolute atomic E-state index is 0. The van der Waals surface area contributed by atoms with E-state index in [1.165, 1.54) is 7.05 Å². The lowest BCUT2D eigenvalue weighted by molar-refractivity contribution is -0.138. The Morgan fingerprint density at radius 3 is 2.40 bits per heavy atom. The van der Waals surface area contributed by atoms with Crippen LogP contribution in [0.2, 0.25) is 0 Å². The smallest absolute Gasteiger partial charge is 0.352 e. The topological polar surface area (TPSA) is 54.2 Å². The summed E-state index contributed by atoms with van der Waals surface area (Å²) in [4.78, 5) is 4.00. The molecule has 3 aromatic rings. The standard InChI is InChI=1S/C20H19F4N5.HI/c1-25-19(26-12-14-7-8-15(21)11-18(14)20(22,23)24)27-13-16-9-10-29(28-16)17-5-3-2-4-6-17;/h2-11H,12-13H2,1H3,(H2,25,26,27);1H. The number of hydrogen-bond acceptors (Lipinski definition) is 2. The number of hydrogen-bond donors (Lipinski definition) is 2. The van der Waals surface area contributed by atoms with Crippen LogP contribution in [0.3, 0.4) is 0 Å². The van der Waals surface area contributed by atoms with Gasteiger partial charge in [0.1, 0.15) is 5.82 Å². The highest BCUT2D eigenvalue weighted by Gasteiger charge is 2.33. The average Bonchev–Trinajstić information content (AvgIpc) is 3.18. The Balaban J connectivity index is 0.00000320. The summed E-state index contributed by atoms with van der Waals surface area (Å²) in [7, 11) is 1.51. The second-order valence-corrected chi connectivity index (χ2v) is 6.17. The molecule has 0 atom stereocenters. The number of aliphatic imine (C=N–C) groups is 1. The van der Waals surface area contributed by atoms with Crippen molar-refractivity contribution in [2.45, 2.75) is 19.3 Å². The average molecular weight is 533 g/mol. The molecule has 10 heteroatoms. The largest absolute Gasteiger partial charge is 0.416 e. The van der Waals surface area contributed by atoms with Crippen LogP contribution in [0.25, 0.3) is 5.69 Å². The molecular weight excluding hydrogens is 513 g/mol. The van der Waals surface area contributed by atoms with E-state index in [0.29, 0.717) is 18.6 Å². The van der Waals surface area contributed by atoms with Gasteiger partial charge < -0.3 is 10.6 Å². The van der Waals surface area contributed by atoms with Crippen LogP contribution < -0.4 is 10.6 Å². The third kappa shape index (κ3) is 6.18. The first-order valence-corrected chi connectivity index (χ1v) is 8.77. The van der Waals surface area contributed by atoms with Crippen molar-refractivity contribution >= 4 is 29.9 Å². The molecule has 0 bridgehead atoms. The number of aromatic nitrogens is 2. The fraction of sp³-hybridized carbons (Fsp3) is 0.200. The molecule has 0 fully saturated rings. The van der Waals surface area contributed by atoms with Gasteiger partial charge in [-0.2, -0.15) is 18.3 Å². The molecule has 0 aliphatic heterocycles. The molecule has 2 aromatic carbocycles. The highest BCUT2D eigenvalue weighted by atomic mass is 127. The molecule has 30 heavy (non-hydrogen) atoms. The van der Waals surface area contributed by atoms with Crippen LogP contribution in [0.15, 0.2) is 65.8 Å². The highest BCUT2D eigenvalue weighted by Crippen LogP contribution is 2.32. The molecule has 0 aliphatic carbocycles. The van der Waals surface area contributed by atoms with Gasteiger partial charge in [0.05, 0.1) is 23.5 Å². The number of guanidine groups is 1. The first-order valence-electron chi connectivity index (χ1n) is 8.77. The van der Waals surface area contributed by atoms with Crippen LogP contribution in [0.5, 0.6) is 0 Å². The fourth-order valence-electron chi connectivity index (χ4n) is 2.72. The van der Waals surface area contributed by atoms with E-state index >= 15 is 0 Å². The second-order valence-electron chi connectivity index (χ2n) is 6.17. The van der Waals surface area contributed by atoms with Gasteiger partial charge in [0.25, 0.3) is 0 Å². The summed E-state index contributed by atoms with van der Waals surface area (Å²) < 4.78 is 54.2. The number of alkyl halides is 3. The summed E-state index contributed by atoms with van der Waals surface area (Å²) in [6, 6.07) is 14.0. The molecule has 2 N–H and O–H groups in total. The minimum Gasteiger partial charge on any atom is -0.352 e. The summed E-state index contributed by atoms with van der Waals surface area (Å²) in [5.74, 6) is -0.630. The Bertz CT molecular complexity index is 986. The van der Waals surface area contributed by atoms with Crippen LogP contribution in [-0.4, -0.2) is 22.8 Å². The van der Waals surface area contributed by atoms with E-state index in [9.17, 15) is 17.6 Å². The van der Waals surface area contributed by atoms with Gasteiger partial charge in [0.15, 0.2) is 5.96 Å². The molecule has 0 saturated heterocycles. The van der Waals surface area contributed by atoms with E-state index in [-0.39, 0.29) is 36.1 Å². The first kappa shape index (κ1) is 23.6. The number of halogens is 5. The van der Waals surface area contributed by atoms with Crippen molar-refractivity contribution in [2.24, 2.45) is 4.99 Å². The third-order valence-electron chi connectivity index (χ3n) is 4.15. The highest BCUT2D eigenvalue weighted by molar-refractivity contribution is 14.0. The Morgan fingerprint density at radius 2 is 1.73 bits per heavy atom. The molecule has 0 amide bonds. The Labute approximate surface area is 188 Å². The summed E-state index contributed by atoms with van der Waals surface area (Å²) >= 11 is 0. The number of rotatable bonds is 5. The van der Waals surface area contributed by atoms with Crippen molar-refractivity contribution < 1.29 is 17.6 Å². The zero-order valence-corrected chi connectivity index (χ0v) is 18.3. The molecule has 1 aromatic heterocycles. The number of nitrogens with one attached hydrogen (secondary N) is 2. The van der Waals surface area contributed by atoms with Crippen LogP contribution in [-0.2, 0) is 19.3 Å². The molecular formula is C20H20F4IN5. The zero-order valence-electron chi connectivity index (χ0n) is 15.9. The van der Waals surface area contributed by atoms with Crippen molar-refractivity contribution in [1.29, 1.82) is 0 Å². The monoisotopic (exact) mass is 533 g/mol. The quantitative estimate of drug-likeness (QED) is 0.220. The molecule has 1 heterocycles. The molecule has 0 unspecified atom stereocenters. The first-order chi connectivity index (χ1) is 13.9.